The molecule has 132 valence electrons. The van der Waals surface area contributed by atoms with E-state index in [1.165, 1.54) is 0 Å². The molecule has 0 saturated heterocycles. The average Bonchev–Trinajstić information content (AvgIpc) is 3.05. The third-order valence-electron chi connectivity index (χ3n) is 3.67. The van der Waals surface area contributed by atoms with E-state index < -0.39 is 0 Å². The number of rotatable bonds is 5. The number of benzene rings is 2. The van der Waals surface area contributed by atoms with Crippen LogP contribution < -0.4 is 10.6 Å². The van der Waals surface area contributed by atoms with Crippen LogP contribution in [0.2, 0.25) is 0 Å². The standard InChI is InChI=1S/C19H17BrN4O2/c1-2-24-12-16(22-18(25)13-7-6-8-14(20)11-13)17(23-24)19(26)21-15-9-4-3-5-10-15/h3-12H,2H2,1H3,(H,21,26)(H,22,25). The van der Waals surface area contributed by atoms with Crippen LogP contribution in [-0.2, 0) is 6.54 Å². The fraction of sp³-hybridized carbons (Fsp3) is 0.105. The number of nitrogens with one attached hydrogen (secondary N) is 2. The summed E-state index contributed by atoms with van der Waals surface area (Å²) in [6, 6.07) is 16.1. The van der Waals surface area contributed by atoms with E-state index in [4.69, 9.17) is 0 Å². The van der Waals surface area contributed by atoms with Crippen molar-refractivity contribution in [3.63, 3.8) is 0 Å². The first-order chi connectivity index (χ1) is 12.6. The number of carbonyl (C=O) groups excluding carboxylic acids is 2. The van der Waals surface area contributed by atoms with Crippen molar-refractivity contribution in [2.75, 3.05) is 10.6 Å². The SMILES string of the molecule is CCn1cc(NC(=O)c2cccc(Br)c2)c(C(=O)Nc2ccccc2)n1. The average molecular weight is 413 g/mol. The van der Waals surface area contributed by atoms with Crippen LogP contribution >= 0.6 is 15.9 Å². The summed E-state index contributed by atoms with van der Waals surface area (Å²) in [5, 5.41) is 9.83. The summed E-state index contributed by atoms with van der Waals surface area (Å²) >= 11 is 3.35. The minimum Gasteiger partial charge on any atom is -0.321 e. The van der Waals surface area contributed by atoms with E-state index in [-0.39, 0.29) is 17.5 Å². The molecule has 2 aromatic carbocycles. The van der Waals surface area contributed by atoms with Crippen molar-refractivity contribution in [1.82, 2.24) is 9.78 Å². The third kappa shape index (κ3) is 4.18. The molecule has 0 saturated carbocycles. The number of halogens is 1. The Balaban J connectivity index is 1.84. The first kappa shape index (κ1) is 17.9. The topological polar surface area (TPSA) is 76.0 Å². The number of para-hydroxylation sites is 1. The van der Waals surface area contributed by atoms with E-state index in [1.54, 1.807) is 41.2 Å². The Bertz CT molecular complexity index is 938. The first-order valence-electron chi connectivity index (χ1n) is 8.07. The summed E-state index contributed by atoms with van der Waals surface area (Å²) < 4.78 is 2.41. The molecular formula is C19H17BrN4O2. The lowest BCUT2D eigenvalue weighted by atomic mass is 10.2. The first-order valence-corrected chi connectivity index (χ1v) is 8.87. The highest BCUT2D eigenvalue weighted by atomic mass is 79.9. The van der Waals surface area contributed by atoms with E-state index in [0.29, 0.717) is 23.5 Å². The van der Waals surface area contributed by atoms with Crippen LogP contribution in [-0.4, -0.2) is 21.6 Å². The van der Waals surface area contributed by atoms with Crippen molar-refractivity contribution in [3.05, 3.63) is 76.5 Å². The Labute approximate surface area is 159 Å². The Morgan fingerprint density at radius 2 is 1.81 bits per heavy atom. The van der Waals surface area contributed by atoms with Gasteiger partial charge >= 0.3 is 0 Å². The van der Waals surface area contributed by atoms with Gasteiger partial charge in [0.1, 0.15) is 0 Å². The Kier molecular flexibility index (Phi) is 5.48. The molecule has 7 heteroatoms. The van der Waals surface area contributed by atoms with Crippen LogP contribution in [0.4, 0.5) is 11.4 Å². The number of nitrogens with zero attached hydrogens (tertiary/aromatic N) is 2. The lowest BCUT2D eigenvalue weighted by Crippen LogP contribution is -2.18. The fourth-order valence-corrected chi connectivity index (χ4v) is 2.78. The summed E-state index contributed by atoms with van der Waals surface area (Å²) in [5.74, 6) is -0.691. The highest BCUT2D eigenvalue weighted by Gasteiger charge is 2.19. The largest absolute Gasteiger partial charge is 0.321 e. The molecule has 2 amide bonds. The molecule has 0 fully saturated rings. The van der Waals surface area contributed by atoms with Crippen LogP contribution in [0, 0.1) is 0 Å². The summed E-state index contributed by atoms with van der Waals surface area (Å²) in [5.41, 5.74) is 1.68. The monoisotopic (exact) mass is 412 g/mol. The minimum atomic E-state index is -0.382. The van der Waals surface area contributed by atoms with Crippen LogP contribution in [0.3, 0.4) is 0 Å². The van der Waals surface area contributed by atoms with Gasteiger partial charge in [0.2, 0.25) is 0 Å². The zero-order chi connectivity index (χ0) is 18.5. The van der Waals surface area contributed by atoms with Gasteiger partial charge in [-0.25, -0.2) is 0 Å². The number of hydrogen-bond acceptors (Lipinski definition) is 3. The van der Waals surface area contributed by atoms with Gasteiger partial charge < -0.3 is 10.6 Å². The van der Waals surface area contributed by atoms with Gasteiger partial charge in [-0.3, -0.25) is 14.3 Å². The number of anilines is 2. The van der Waals surface area contributed by atoms with Crippen molar-refractivity contribution >= 4 is 39.1 Å². The predicted molar refractivity (Wildman–Crippen MR) is 104 cm³/mol. The third-order valence-corrected chi connectivity index (χ3v) is 4.16. The van der Waals surface area contributed by atoms with E-state index in [1.807, 2.05) is 31.2 Å². The van der Waals surface area contributed by atoms with E-state index in [2.05, 4.69) is 31.7 Å². The molecule has 0 unspecified atom stereocenters. The maximum Gasteiger partial charge on any atom is 0.278 e. The van der Waals surface area contributed by atoms with E-state index in [0.717, 1.165) is 4.47 Å². The molecule has 0 bridgehead atoms. The molecule has 0 aliphatic rings. The zero-order valence-electron chi connectivity index (χ0n) is 14.1. The Morgan fingerprint density at radius 3 is 2.50 bits per heavy atom. The number of aryl methyl sites for hydroxylation is 1. The van der Waals surface area contributed by atoms with Crippen molar-refractivity contribution < 1.29 is 9.59 Å². The Hall–Kier alpha value is -2.93. The highest BCUT2D eigenvalue weighted by molar-refractivity contribution is 9.10. The van der Waals surface area contributed by atoms with Gasteiger partial charge in [-0.1, -0.05) is 40.2 Å². The van der Waals surface area contributed by atoms with E-state index >= 15 is 0 Å². The predicted octanol–water partition coefficient (Wildman–Crippen LogP) is 4.17. The number of hydrogen-bond donors (Lipinski definition) is 2. The maximum absolute atomic E-state index is 12.6. The van der Waals surface area contributed by atoms with Gasteiger partial charge in [-0.15, -0.1) is 0 Å². The second-order valence-corrected chi connectivity index (χ2v) is 6.45. The quantitative estimate of drug-likeness (QED) is 0.659. The summed E-state index contributed by atoms with van der Waals surface area (Å²) in [4.78, 5) is 25.1. The molecule has 3 rings (SSSR count). The fourth-order valence-electron chi connectivity index (χ4n) is 2.38. The molecule has 1 aromatic heterocycles. The maximum atomic E-state index is 12.6. The van der Waals surface area contributed by atoms with Gasteiger partial charge in [0.05, 0.1) is 5.69 Å². The molecule has 0 aliphatic heterocycles. The summed E-state index contributed by atoms with van der Waals surface area (Å²) in [6.07, 6.45) is 1.65. The summed E-state index contributed by atoms with van der Waals surface area (Å²) in [7, 11) is 0. The van der Waals surface area contributed by atoms with Crippen molar-refractivity contribution in [2.24, 2.45) is 0 Å². The normalized spacial score (nSPS) is 10.4. The zero-order valence-corrected chi connectivity index (χ0v) is 15.7. The highest BCUT2D eigenvalue weighted by Crippen LogP contribution is 2.19. The van der Waals surface area contributed by atoms with Gasteiger partial charge in [-0.2, -0.15) is 5.10 Å². The van der Waals surface area contributed by atoms with Crippen molar-refractivity contribution in [1.29, 1.82) is 0 Å². The van der Waals surface area contributed by atoms with E-state index in [9.17, 15) is 9.59 Å². The molecule has 3 aromatic rings. The van der Waals surface area contributed by atoms with Gasteiger partial charge in [0, 0.05) is 28.5 Å². The van der Waals surface area contributed by atoms with Gasteiger partial charge in [-0.05, 0) is 37.3 Å². The molecular weight excluding hydrogens is 396 g/mol. The second-order valence-electron chi connectivity index (χ2n) is 5.53. The molecule has 0 spiro atoms. The molecule has 0 atom stereocenters. The number of amides is 2. The van der Waals surface area contributed by atoms with Crippen LogP contribution in [0.15, 0.2) is 65.3 Å². The molecule has 6 nitrogen and oxygen atoms in total. The lowest BCUT2D eigenvalue weighted by Gasteiger charge is -2.07. The number of carbonyl (C=O) groups is 2. The van der Waals surface area contributed by atoms with Crippen LogP contribution in [0.1, 0.15) is 27.8 Å². The van der Waals surface area contributed by atoms with Crippen LogP contribution in [0.25, 0.3) is 0 Å². The van der Waals surface area contributed by atoms with Crippen molar-refractivity contribution in [3.8, 4) is 0 Å². The molecule has 1 heterocycles. The molecule has 26 heavy (non-hydrogen) atoms. The number of aromatic nitrogens is 2. The molecule has 2 N–H and O–H groups in total. The van der Waals surface area contributed by atoms with Crippen LogP contribution in [0.5, 0.6) is 0 Å². The minimum absolute atomic E-state index is 0.166. The summed E-state index contributed by atoms with van der Waals surface area (Å²) in [6.45, 7) is 2.49. The molecule has 0 radical (unpaired) electrons. The molecule has 0 aliphatic carbocycles. The lowest BCUT2D eigenvalue weighted by molar-refractivity contribution is 0.102. The smallest absolute Gasteiger partial charge is 0.278 e. The Morgan fingerprint density at radius 1 is 1.04 bits per heavy atom. The van der Waals surface area contributed by atoms with Gasteiger partial charge in [0.25, 0.3) is 11.8 Å². The van der Waals surface area contributed by atoms with Gasteiger partial charge in [0.15, 0.2) is 5.69 Å². The second kappa shape index (κ2) is 7.97. The van der Waals surface area contributed by atoms with Crippen molar-refractivity contribution in [2.45, 2.75) is 13.5 Å².